The molecule has 0 fully saturated rings. The number of rotatable bonds is 24. The zero-order valence-electron chi connectivity index (χ0n) is 60.1. The Labute approximate surface area is 651 Å². The number of carbonyl (C=O) groups is 6. The second-order valence-electron chi connectivity index (χ2n) is 24.6. The number of carbonyl (C=O) groups excluding carboxylic acids is 6. The fourth-order valence-corrected chi connectivity index (χ4v) is 10.8. The Balaban J connectivity index is 0.000000204. The Kier molecular flexibility index (Phi) is 38.1. The Morgan fingerprint density at radius 3 is 0.266 bits per heavy atom. The molecule has 0 bridgehead atoms. The molecule has 0 aliphatic rings. The molecule has 0 radical (unpaired) electrons. The average Bonchev–Trinajstić information content (AvgIpc) is 0.919. The molecule has 18 nitrogen and oxygen atoms in total. The molecule has 0 aliphatic carbocycles. The van der Waals surface area contributed by atoms with Gasteiger partial charge in [-0.2, -0.15) is 0 Å². The van der Waals surface area contributed by atoms with Gasteiger partial charge in [-0.3, -0.25) is 0 Å². The van der Waals surface area contributed by atoms with Gasteiger partial charge in [0.05, 0.1) is 0 Å². The average molecular weight is 1540 g/mol. The second kappa shape index (κ2) is 48.9. The quantitative estimate of drug-likeness (QED) is 0.0512. The fourth-order valence-electron chi connectivity index (χ4n) is 10.8. The van der Waals surface area contributed by atoms with Crippen LogP contribution in [0, 0.1) is 0 Å². The number of amides is 6. The summed E-state index contributed by atoms with van der Waals surface area (Å²) in [6, 6.07) is 114. The largest absolute Gasteiger partial charge is 0.530 e. The van der Waals surface area contributed by atoms with Gasteiger partial charge in [-0.1, -0.05) is 364 Å². The molecule has 19 heteroatoms. The van der Waals surface area contributed by atoms with E-state index in [0.717, 1.165) is 66.8 Å². The van der Waals surface area contributed by atoms with Crippen molar-refractivity contribution in [3.8, 4) is 0 Å². The third kappa shape index (κ3) is 34.2. The Morgan fingerprint density at radius 2 is 0.211 bits per heavy atom. The zero-order valence-corrected chi connectivity index (χ0v) is 62.1. The number of benzene rings is 12. The molecule has 12 rings (SSSR count). The number of hydrogen-bond acceptors (Lipinski definition) is 12. The first kappa shape index (κ1) is 84.9. The molecule has 0 atom stereocenters. The molecular formula is C90H84MoN6O12-6. The van der Waals surface area contributed by atoms with Crippen molar-refractivity contribution in [2.75, 3.05) is 0 Å². The fraction of sp³-hybridized carbons (Fsp3) is 0.133. The van der Waals surface area contributed by atoms with E-state index in [4.69, 9.17) is 0 Å². The van der Waals surface area contributed by atoms with E-state index in [1.165, 1.54) is 29.4 Å². The maximum atomic E-state index is 11.1. The molecule has 6 amide bonds. The minimum atomic E-state index is -1.15. The van der Waals surface area contributed by atoms with Gasteiger partial charge in [0.1, 0.15) is 36.6 Å². The summed E-state index contributed by atoms with van der Waals surface area (Å²) in [5, 5.41) is 66.7. The topological polar surface area (TPSA) is 260 Å². The number of nitrogens with zero attached hydrogens (tertiary/aromatic N) is 6. The first-order valence-corrected chi connectivity index (χ1v) is 34.8. The van der Waals surface area contributed by atoms with E-state index in [1.807, 2.05) is 364 Å². The van der Waals surface area contributed by atoms with Gasteiger partial charge in [-0.15, -0.1) is 0 Å². The minimum absolute atomic E-state index is 0. The summed E-state index contributed by atoms with van der Waals surface area (Å²) in [6.45, 7) is 4.14. The summed E-state index contributed by atoms with van der Waals surface area (Å²) in [7, 11) is 0. The van der Waals surface area contributed by atoms with E-state index >= 15 is 0 Å². The van der Waals surface area contributed by atoms with E-state index in [0.29, 0.717) is 78.5 Å². The van der Waals surface area contributed by atoms with Crippen LogP contribution in [-0.4, -0.2) is 66.0 Å². The summed E-state index contributed by atoms with van der Waals surface area (Å²) in [4.78, 5) is 74.5. The Bertz CT molecular complexity index is 3490. The molecule has 109 heavy (non-hydrogen) atoms. The van der Waals surface area contributed by atoms with Gasteiger partial charge < -0.3 is 88.8 Å². The second-order valence-corrected chi connectivity index (χ2v) is 24.6. The Morgan fingerprint density at radius 1 is 0.147 bits per heavy atom. The van der Waals surface area contributed by atoms with Crippen LogP contribution >= 0.6 is 0 Å². The van der Waals surface area contributed by atoms with Gasteiger partial charge in [-0.05, 0) is 66.8 Å². The van der Waals surface area contributed by atoms with E-state index < -0.39 is 36.6 Å². The van der Waals surface area contributed by atoms with Crippen LogP contribution in [0.4, 0.5) is 28.8 Å². The summed E-state index contributed by atoms with van der Waals surface area (Å²) in [5.74, 6) is 0. The molecule has 0 saturated heterocycles. The molecule has 0 heterocycles. The van der Waals surface area contributed by atoms with Crippen molar-refractivity contribution < 1.29 is 80.5 Å². The van der Waals surface area contributed by atoms with E-state index in [9.17, 15) is 59.4 Å². The maximum Gasteiger partial charge on any atom is 0.137 e. The van der Waals surface area contributed by atoms with Crippen LogP contribution in [0.3, 0.4) is 0 Å². The molecule has 558 valence electrons. The molecule has 0 aromatic heterocycles. The number of carboxylic acid groups (broad SMARTS) is 6. The summed E-state index contributed by atoms with van der Waals surface area (Å²) < 4.78 is 0. The molecule has 12 aromatic rings. The first-order chi connectivity index (χ1) is 52.5. The van der Waals surface area contributed by atoms with Gasteiger partial charge >= 0.3 is 0 Å². The predicted octanol–water partition coefficient (Wildman–Crippen LogP) is 12.2. The monoisotopic (exact) mass is 1540 g/mol. The molecule has 0 N–H and O–H groups in total. The molecular weight excluding hydrogens is 1450 g/mol. The van der Waals surface area contributed by atoms with E-state index in [-0.39, 0.29) is 21.1 Å². The summed E-state index contributed by atoms with van der Waals surface area (Å²) >= 11 is 0. The molecule has 0 spiro atoms. The van der Waals surface area contributed by atoms with Gasteiger partial charge in [0, 0.05) is 99.6 Å². The smallest absolute Gasteiger partial charge is 0.137 e. The van der Waals surface area contributed by atoms with Crippen molar-refractivity contribution >= 4 is 36.6 Å². The van der Waals surface area contributed by atoms with Gasteiger partial charge in [-0.25, -0.2) is 0 Å². The van der Waals surface area contributed by atoms with Crippen molar-refractivity contribution in [1.82, 2.24) is 29.4 Å². The molecule has 0 unspecified atom stereocenters. The van der Waals surface area contributed by atoms with Crippen LogP contribution in [-0.2, 0) is 99.6 Å². The summed E-state index contributed by atoms with van der Waals surface area (Å²) in [6.07, 6.45) is -6.90. The van der Waals surface area contributed by atoms with Crippen LogP contribution in [0.25, 0.3) is 0 Å². The zero-order chi connectivity index (χ0) is 76.8. The van der Waals surface area contributed by atoms with Crippen LogP contribution < -0.4 is 30.6 Å². The van der Waals surface area contributed by atoms with E-state index in [2.05, 4.69) is 0 Å². The van der Waals surface area contributed by atoms with Gasteiger partial charge in [0.2, 0.25) is 0 Å². The Hall–Kier alpha value is -13.1. The minimum Gasteiger partial charge on any atom is -0.530 e. The normalized spacial score (nSPS) is 9.91. The first-order valence-electron chi connectivity index (χ1n) is 34.8. The van der Waals surface area contributed by atoms with Crippen LogP contribution in [0.1, 0.15) is 66.8 Å². The molecule has 0 saturated carbocycles. The molecule has 0 aliphatic heterocycles. The summed E-state index contributed by atoms with van der Waals surface area (Å²) in [5.41, 5.74) is 11.5. The van der Waals surface area contributed by atoms with E-state index in [1.54, 1.807) is 0 Å². The van der Waals surface area contributed by atoms with Crippen molar-refractivity contribution in [3.63, 3.8) is 0 Å². The number of hydrogen-bond donors (Lipinski definition) is 0. The SMILES string of the molecule is O=C([O-])N(Cc1ccccc1)Cc1ccccc1.O=C([O-])N(Cc1ccccc1)Cc1ccccc1.O=C([O-])N(Cc1ccccc1)Cc1ccccc1.O=C([O-])N(Cc1ccccc1)Cc1ccccc1.O=C([O-])N(Cc1ccccc1)Cc1ccccc1.O=C([O-])N(Cc1ccccc1)Cc1ccccc1.[Mo]. The maximum absolute atomic E-state index is 11.1. The van der Waals surface area contributed by atoms with Crippen molar-refractivity contribution in [2.24, 2.45) is 0 Å². The van der Waals surface area contributed by atoms with Crippen molar-refractivity contribution in [2.45, 2.75) is 78.5 Å². The predicted molar refractivity (Wildman–Crippen MR) is 405 cm³/mol. The third-order valence-electron chi connectivity index (χ3n) is 16.1. The van der Waals surface area contributed by atoms with Crippen LogP contribution in [0.15, 0.2) is 364 Å². The third-order valence-corrected chi connectivity index (χ3v) is 16.1. The van der Waals surface area contributed by atoms with Gasteiger partial charge in [0.25, 0.3) is 0 Å². The van der Waals surface area contributed by atoms with Gasteiger partial charge in [0.15, 0.2) is 0 Å². The van der Waals surface area contributed by atoms with Crippen molar-refractivity contribution in [3.05, 3.63) is 431 Å². The van der Waals surface area contributed by atoms with Crippen molar-refractivity contribution in [1.29, 1.82) is 0 Å². The standard InChI is InChI=1S/6C15H15NO2.Mo/c6*17-15(18)16(11-13-7-3-1-4-8-13)12-14-9-5-2-6-10-14;/h6*1-10H,11-12H2,(H,17,18);/p-6. The molecule has 12 aromatic carbocycles. The van der Waals surface area contributed by atoms with Crippen LogP contribution in [0.2, 0.25) is 0 Å². The van der Waals surface area contributed by atoms with Crippen LogP contribution in [0.5, 0.6) is 0 Å².